The lowest BCUT2D eigenvalue weighted by atomic mass is 10.5. The SMILES string of the molecule is CNC(=O)N(C(=O)NC)c1ccn[nH]1. The third-order valence-electron chi connectivity index (χ3n) is 1.56. The molecule has 0 aromatic carbocycles. The Kier molecular flexibility index (Phi) is 3.05. The van der Waals surface area contributed by atoms with E-state index in [0.717, 1.165) is 4.90 Å². The highest BCUT2D eigenvalue weighted by molar-refractivity contribution is 6.12. The van der Waals surface area contributed by atoms with Crippen LogP contribution in [0, 0.1) is 0 Å². The maximum absolute atomic E-state index is 11.3. The Balaban J connectivity index is 2.94. The molecule has 0 atom stereocenters. The van der Waals surface area contributed by atoms with Crippen molar-refractivity contribution in [3.63, 3.8) is 0 Å². The van der Waals surface area contributed by atoms with Gasteiger partial charge in [-0.05, 0) is 0 Å². The monoisotopic (exact) mass is 197 g/mol. The van der Waals surface area contributed by atoms with Crippen LogP contribution in [0.4, 0.5) is 15.4 Å². The first kappa shape index (κ1) is 10.0. The van der Waals surface area contributed by atoms with E-state index in [-0.39, 0.29) is 0 Å². The van der Waals surface area contributed by atoms with Crippen LogP contribution in [0.1, 0.15) is 0 Å². The van der Waals surface area contributed by atoms with Crippen molar-refractivity contribution in [2.45, 2.75) is 0 Å². The molecule has 14 heavy (non-hydrogen) atoms. The van der Waals surface area contributed by atoms with Crippen LogP contribution in [-0.4, -0.2) is 36.4 Å². The van der Waals surface area contributed by atoms with E-state index in [0.29, 0.717) is 5.82 Å². The standard InChI is InChI=1S/C7H11N5O2/c1-8-6(13)12(7(14)9-2)5-3-4-10-11-5/h3-4H,1-2H3,(H,8,13)(H,9,14)(H,10,11). The van der Waals surface area contributed by atoms with Gasteiger partial charge in [0, 0.05) is 20.2 Å². The molecule has 1 heterocycles. The van der Waals surface area contributed by atoms with Crippen molar-refractivity contribution in [1.82, 2.24) is 20.8 Å². The number of carbonyl (C=O) groups excluding carboxylic acids is 2. The van der Waals surface area contributed by atoms with Crippen LogP contribution in [0.2, 0.25) is 0 Å². The average molecular weight is 197 g/mol. The summed E-state index contributed by atoms with van der Waals surface area (Å²) in [6.07, 6.45) is 1.45. The van der Waals surface area contributed by atoms with Crippen LogP contribution in [-0.2, 0) is 0 Å². The third-order valence-corrected chi connectivity index (χ3v) is 1.56. The Labute approximate surface area is 80.5 Å². The van der Waals surface area contributed by atoms with Gasteiger partial charge < -0.3 is 10.6 Å². The Hall–Kier alpha value is -2.05. The van der Waals surface area contributed by atoms with Crippen molar-refractivity contribution in [2.24, 2.45) is 0 Å². The fourth-order valence-electron chi connectivity index (χ4n) is 0.908. The van der Waals surface area contributed by atoms with E-state index in [4.69, 9.17) is 0 Å². The summed E-state index contributed by atoms with van der Waals surface area (Å²) in [5.74, 6) is 0.309. The van der Waals surface area contributed by atoms with Crippen molar-refractivity contribution >= 4 is 17.9 Å². The predicted molar refractivity (Wildman–Crippen MR) is 50.0 cm³/mol. The van der Waals surface area contributed by atoms with Gasteiger partial charge in [-0.3, -0.25) is 5.10 Å². The zero-order valence-corrected chi connectivity index (χ0v) is 7.87. The summed E-state index contributed by atoms with van der Waals surface area (Å²) in [5, 5.41) is 10.9. The van der Waals surface area contributed by atoms with Crippen molar-refractivity contribution in [2.75, 3.05) is 19.0 Å². The Morgan fingerprint density at radius 3 is 2.29 bits per heavy atom. The lowest BCUT2D eigenvalue weighted by Crippen LogP contribution is -2.47. The maximum Gasteiger partial charge on any atom is 0.331 e. The molecule has 7 heteroatoms. The molecule has 1 aromatic heterocycles. The fourth-order valence-corrected chi connectivity index (χ4v) is 0.908. The highest BCUT2D eigenvalue weighted by Gasteiger charge is 2.22. The van der Waals surface area contributed by atoms with E-state index in [1.165, 1.54) is 26.4 Å². The van der Waals surface area contributed by atoms with E-state index in [1.54, 1.807) is 0 Å². The number of urea groups is 2. The number of H-pyrrole nitrogens is 1. The van der Waals surface area contributed by atoms with Crippen LogP contribution in [0.15, 0.2) is 12.3 Å². The van der Waals surface area contributed by atoms with Gasteiger partial charge in [-0.25, -0.2) is 9.59 Å². The largest absolute Gasteiger partial charge is 0.340 e. The van der Waals surface area contributed by atoms with E-state index in [1.807, 2.05) is 0 Å². The number of imide groups is 1. The van der Waals surface area contributed by atoms with Gasteiger partial charge in [0.1, 0.15) is 5.82 Å². The molecule has 7 nitrogen and oxygen atoms in total. The third kappa shape index (κ3) is 1.82. The molecule has 4 amide bonds. The fraction of sp³-hybridized carbons (Fsp3) is 0.286. The first-order valence-electron chi connectivity index (χ1n) is 3.93. The quantitative estimate of drug-likeness (QED) is 0.587. The summed E-state index contributed by atoms with van der Waals surface area (Å²) in [5.41, 5.74) is 0. The normalized spacial score (nSPS) is 9.29. The highest BCUT2D eigenvalue weighted by atomic mass is 16.2. The summed E-state index contributed by atoms with van der Waals surface area (Å²) in [4.78, 5) is 23.5. The first-order valence-corrected chi connectivity index (χ1v) is 3.93. The van der Waals surface area contributed by atoms with Crippen LogP contribution >= 0.6 is 0 Å². The molecule has 0 saturated heterocycles. The van der Waals surface area contributed by atoms with Gasteiger partial charge in [0.25, 0.3) is 0 Å². The molecule has 1 rings (SSSR count). The second kappa shape index (κ2) is 4.26. The van der Waals surface area contributed by atoms with Gasteiger partial charge in [-0.2, -0.15) is 10.00 Å². The molecular formula is C7H11N5O2. The van der Waals surface area contributed by atoms with Crippen LogP contribution in [0.5, 0.6) is 0 Å². The van der Waals surface area contributed by atoms with Gasteiger partial charge in [0.15, 0.2) is 0 Å². The van der Waals surface area contributed by atoms with Gasteiger partial charge >= 0.3 is 12.1 Å². The number of nitrogens with one attached hydrogen (secondary N) is 3. The zero-order valence-electron chi connectivity index (χ0n) is 7.87. The summed E-state index contributed by atoms with van der Waals surface area (Å²) in [6.45, 7) is 0. The highest BCUT2D eigenvalue weighted by Crippen LogP contribution is 2.08. The molecule has 0 fully saturated rings. The molecule has 1 aromatic rings. The average Bonchev–Trinajstić information content (AvgIpc) is 2.70. The Morgan fingerprint density at radius 1 is 1.36 bits per heavy atom. The topological polar surface area (TPSA) is 90.1 Å². The second-order valence-corrected chi connectivity index (χ2v) is 2.39. The Morgan fingerprint density at radius 2 is 1.93 bits per heavy atom. The summed E-state index contributed by atoms with van der Waals surface area (Å²) >= 11 is 0. The molecule has 0 aliphatic carbocycles. The number of hydrogen-bond acceptors (Lipinski definition) is 3. The lowest BCUT2D eigenvalue weighted by molar-refractivity contribution is 0.236. The van der Waals surface area contributed by atoms with Gasteiger partial charge in [0.05, 0.1) is 6.20 Å². The molecule has 76 valence electrons. The number of aromatic amines is 1. The number of rotatable bonds is 1. The molecular weight excluding hydrogens is 186 g/mol. The number of hydrogen-bond donors (Lipinski definition) is 3. The second-order valence-electron chi connectivity index (χ2n) is 2.39. The predicted octanol–water partition coefficient (Wildman–Crippen LogP) is -0.105. The van der Waals surface area contributed by atoms with Crippen molar-refractivity contribution < 1.29 is 9.59 Å². The number of anilines is 1. The van der Waals surface area contributed by atoms with E-state index in [2.05, 4.69) is 20.8 Å². The van der Waals surface area contributed by atoms with Crippen molar-refractivity contribution in [3.8, 4) is 0 Å². The molecule has 0 spiro atoms. The van der Waals surface area contributed by atoms with E-state index < -0.39 is 12.1 Å². The van der Waals surface area contributed by atoms with Gasteiger partial charge in [-0.1, -0.05) is 0 Å². The molecule has 0 aliphatic heterocycles. The van der Waals surface area contributed by atoms with Gasteiger partial charge in [-0.15, -0.1) is 0 Å². The van der Waals surface area contributed by atoms with E-state index in [9.17, 15) is 9.59 Å². The molecule has 0 radical (unpaired) electrons. The first-order chi connectivity index (χ1) is 6.70. The maximum atomic E-state index is 11.3. The minimum absolute atomic E-state index is 0.309. The van der Waals surface area contributed by atoms with Gasteiger partial charge in [0.2, 0.25) is 0 Å². The van der Waals surface area contributed by atoms with Crippen LogP contribution in [0.3, 0.4) is 0 Å². The van der Waals surface area contributed by atoms with Crippen molar-refractivity contribution in [1.29, 1.82) is 0 Å². The Bertz CT molecular complexity index is 305. The summed E-state index contributed by atoms with van der Waals surface area (Å²) in [6, 6.07) is 0.451. The molecule has 0 saturated carbocycles. The minimum Gasteiger partial charge on any atom is -0.340 e. The minimum atomic E-state index is -0.534. The van der Waals surface area contributed by atoms with Crippen LogP contribution in [0.25, 0.3) is 0 Å². The smallest absolute Gasteiger partial charge is 0.331 e. The summed E-state index contributed by atoms with van der Waals surface area (Å²) < 4.78 is 0. The molecule has 0 aliphatic rings. The number of amides is 4. The van der Waals surface area contributed by atoms with E-state index >= 15 is 0 Å². The number of carbonyl (C=O) groups is 2. The summed E-state index contributed by atoms with van der Waals surface area (Å²) in [7, 11) is 2.88. The molecule has 0 unspecified atom stereocenters. The number of nitrogens with zero attached hydrogens (tertiary/aromatic N) is 2. The molecule has 3 N–H and O–H groups in total. The van der Waals surface area contributed by atoms with Crippen LogP contribution < -0.4 is 15.5 Å². The zero-order chi connectivity index (χ0) is 10.6. The van der Waals surface area contributed by atoms with Crippen molar-refractivity contribution in [3.05, 3.63) is 12.3 Å². The lowest BCUT2D eigenvalue weighted by Gasteiger charge is -2.17. The number of aromatic nitrogens is 2. The molecule has 0 bridgehead atoms.